The molecule has 8 heteroatoms. The lowest BCUT2D eigenvalue weighted by Crippen LogP contribution is -2.14. The van der Waals surface area contributed by atoms with E-state index >= 15 is 0 Å². The molecule has 0 atom stereocenters. The number of nitrogens with zero attached hydrogens (tertiary/aromatic N) is 2. The standard InChI is InChI=1S/C23H20N2O5S/c1-14-17-7-6-16(28-2)11-20(17)30-23(27)18(14)8-9-21(26)29-12-15-13-31-22(25-15)19-5-3-4-10-24-19/h3-7,10-11,13H,8-9,12H2,1-2H3. The van der Waals surface area contributed by atoms with Gasteiger partial charge in [0.25, 0.3) is 0 Å². The van der Waals surface area contributed by atoms with Gasteiger partial charge in [-0.05, 0) is 43.2 Å². The number of hydrogen-bond acceptors (Lipinski definition) is 8. The van der Waals surface area contributed by atoms with Crippen LogP contribution in [0.5, 0.6) is 5.75 Å². The van der Waals surface area contributed by atoms with Gasteiger partial charge in [0.15, 0.2) is 0 Å². The van der Waals surface area contributed by atoms with E-state index in [0.29, 0.717) is 22.6 Å². The van der Waals surface area contributed by atoms with Gasteiger partial charge in [0.1, 0.15) is 22.9 Å². The van der Waals surface area contributed by atoms with Crippen LogP contribution in [0.2, 0.25) is 0 Å². The van der Waals surface area contributed by atoms with Crippen molar-refractivity contribution in [3.8, 4) is 16.5 Å². The highest BCUT2D eigenvalue weighted by Crippen LogP contribution is 2.25. The van der Waals surface area contributed by atoms with Crippen molar-refractivity contribution < 1.29 is 18.7 Å². The third kappa shape index (κ3) is 4.64. The van der Waals surface area contributed by atoms with E-state index in [1.54, 1.807) is 25.4 Å². The summed E-state index contributed by atoms with van der Waals surface area (Å²) in [5.74, 6) is 0.209. The molecule has 0 saturated heterocycles. The molecule has 0 amide bonds. The molecule has 4 rings (SSSR count). The molecule has 0 aliphatic rings. The smallest absolute Gasteiger partial charge is 0.339 e. The quantitative estimate of drug-likeness (QED) is 0.315. The van der Waals surface area contributed by atoms with Crippen molar-refractivity contribution in [1.29, 1.82) is 0 Å². The first-order valence-electron chi connectivity index (χ1n) is 9.67. The number of ether oxygens (including phenoxy) is 2. The Morgan fingerprint density at radius 1 is 1.23 bits per heavy atom. The van der Waals surface area contributed by atoms with Gasteiger partial charge in [-0.15, -0.1) is 11.3 Å². The number of aromatic nitrogens is 2. The maximum atomic E-state index is 12.4. The molecule has 3 heterocycles. The molecular formula is C23H20N2O5S. The summed E-state index contributed by atoms with van der Waals surface area (Å²) in [5.41, 5.74) is 2.71. The molecule has 0 spiro atoms. The average Bonchev–Trinajstić information content (AvgIpc) is 3.27. The van der Waals surface area contributed by atoms with Crippen molar-refractivity contribution in [3.63, 3.8) is 0 Å². The molecule has 0 fully saturated rings. The fourth-order valence-corrected chi connectivity index (χ4v) is 4.00. The lowest BCUT2D eigenvalue weighted by atomic mass is 10.0. The predicted octanol–water partition coefficient (Wildman–Crippen LogP) is 4.30. The van der Waals surface area contributed by atoms with Crippen molar-refractivity contribution in [2.75, 3.05) is 7.11 Å². The second kappa shape index (κ2) is 9.09. The number of pyridine rings is 1. The lowest BCUT2D eigenvalue weighted by molar-refractivity contribution is -0.145. The van der Waals surface area contributed by atoms with E-state index in [4.69, 9.17) is 13.9 Å². The Bertz CT molecular complexity index is 1280. The Hall–Kier alpha value is -3.52. The molecule has 0 radical (unpaired) electrons. The van der Waals surface area contributed by atoms with Crippen molar-refractivity contribution in [2.24, 2.45) is 0 Å². The molecule has 0 bridgehead atoms. The van der Waals surface area contributed by atoms with Crippen molar-refractivity contribution >= 4 is 28.3 Å². The van der Waals surface area contributed by atoms with E-state index in [2.05, 4.69) is 9.97 Å². The first-order valence-corrected chi connectivity index (χ1v) is 10.5. The van der Waals surface area contributed by atoms with E-state index in [9.17, 15) is 9.59 Å². The fourth-order valence-electron chi connectivity index (χ4n) is 3.22. The van der Waals surface area contributed by atoms with Gasteiger partial charge in [0.2, 0.25) is 0 Å². The van der Waals surface area contributed by atoms with Gasteiger partial charge in [-0.25, -0.2) is 9.78 Å². The molecule has 158 valence electrons. The Kier molecular flexibility index (Phi) is 6.08. The minimum Gasteiger partial charge on any atom is -0.497 e. The number of aryl methyl sites for hydroxylation is 1. The molecule has 1 aromatic carbocycles. The number of rotatable bonds is 7. The minimum atomic E-state index is -0.453. The molecule has 4 aromatic rings. The van der Waals surface area contributed by atoms with Crippen molar-refractivity contribution in [3.05, 3.63) is 75.2 Å². The number of thiazole rings is 1. The number of benzene rings is 1. The van der Waals surface area contributed by atoms with Crippen LogP contribution in [0, 0.1) is 6.92 Å². The van der Waals surface area contributed by atoms with Crippen molar-refractivity contribution in [1.82, 2.24) is 9.97 Å². The minimum absolute atomic E-state index is 0.0739. The van der Waals surface area contributed by atoms with Crippen LogP contribution in [0.3, 0.4) is 0 Å². The number of carbonyl (C=O) groups is 1. The third-order valence-corrected chi connectivity index (χ3v) is 5.80. The first-order chi connectivity index (χ1) is 15.0. The molecule has 0 aliphatic heterocycles. The molecule has 3 aromatic heterocycles. The number of carbonyl (C=O) groups excluding carboxylic acids is 1. The second-order valence-corrected chi connectivity index (χ2v) is 7.73. The maximum absolute atomic E-state index is 12.4. The number of fused-ring (bicyclic) bond motifs is 1. The second-order valence-electron chi connectivity index (χ2n) is 6.87. The summed E-state index contributed by atoms with van der Waals surface area (Å²) in [6.45, 7) is 1.92. The van der Waals surface area contributed by atoms with E-state index in [0.717, 1.165) is 21.7 Å². The average molecular weight is 436 g/mol. The summed E-state index contributed by atoms with van der Waals surface area (Å²) >= 11 is 1.44. The summed E-state index contributed by atoms with van der Waals surface area (Å²) in [6.07, 6.45) is 2.02. The molecule has 0 unspecified atom stereocenters. The molecule has 0 N–H and O–H groups in total. The summed E-state index contributed by atoms with van der Waals surface area (Å²) in [4.78, 5) is 33.4. The topological polar surface area (TPSA) is 91.5 Å². The van der Waals surface area contributed by atoms with E-state index in [-0.39, 0.29) is 19.4 Å². The van der Waals surface area contributed by atoms with Gasteiger partial charge in [-0.3, -0.25) is 9.78 Å². The Morgan fingerprint density at radius 2 is 2.10 bits per heavy atom. The van der Waals surface area contributed by atoms with Crippen LogP contribution in [0.15, 0.2) is 57.2 Å². The van der Waals surface area contributed by atoms with Crippen LogP contribution in [-0.2, 0) is 22.6 Å². The Labute approximate surface area is 182 Å². The van der Waals surface area contributed by atoms with E-state index in [1.807, 2.05) is 36.6 Å². The van der Waals surface area contributed by atoms with Crippen LogP contribution in [-0.4, -0.2) is 23.0 Å². The third-order valence-electron chi connectivity index (χ3n) is 4.89. The van der Waals surface area contributed by atoms with Crippen LogP contribution < -0.4 is 10.4 Å². The highest BCUT2D eigenvalue weighted by atomic mass is 32.1. The number of hydrogen-bond donors (Lipinski definition) is 0. The normalized spacial score (nSPS) is 10.9. The van der Waals surface area contributed by atoms with Crippen LogP contribution >= 0.6 is 11.3 Å². The largest absolute Gasteiger partial charge is 0.497 e. The monoisotopic (exact) mass is 436 g/mol. The van der Waals surface area contributed by atoms with Gasteiger partial charge in [0, 0.05) is 35.0 Å². The first kappa shape index (κ1) is 20.7. The van der Waals surface area contributed by atoms with Gasteiger partial charge < -0.3 is 13.9 Å². The van der Waals surface area contributed by atoms with Crippen LogP contribution in [0.1, 0.15) is 23.2 Å². The van der Waals surface area contributed by atoms with Gasteiger partial charge in [0.05, 0.1) is 18.5 Å². The Balaban J connectivity index is 1.38. The molecular weight excluding hydrogens is 416 g/mol. The summed E-state index contributed by atoms with van der Waals surface area (Å²) < 4.78 is 15.9. The molecule has 7 nitrogen and oxygen atoms in total. The zero-order valence-corrected chi connectivity index (χ0v) is 17.9. The van der Waals surface area contributed by atoms with Crippen LogP contribution in [0.4, 0.5) is 0 Å². The predicted molar refractivity (Wildman–Crippen MR) is 117 cm³/mol. The lowest BCUT2D eigenvalue weighted by Gasteiger charge is -2.09. The van der Waals surface area contributed by atoms with Gasteiger partial charge in [-0.2, -0.15) is 0 Å². The highest BCUT2D eigenvalue weighted by molar-refractivity contribution is 7.13. The van der Waals surface area contributed by atoms with Gasteiger partial charge in [-0.1, -0.05) is 6.07 Å². The molecule has 31 heavy (non-hydrogen) atoms. The van der Waals surface area contributed by atoms with Crippen molar-refractivity contribution in [2.45, 2.75) is 26.4 Å². The summed E-state index contributed by atoms with van der Waals surface area (Å²) in [6, 6.07) is 10.9. The number of methoxy groups -OCH3 is 1. The molecule has 0 saturated carbocycles. The highest BCUT2D eigenvalue weighted by Gasteiger charge is 2.15. The van der Waals surface area contributed by atoms with E-state index in [1.165, 1.54) is 11.3 Å². The van der Waals surface area contributed by atoms with Gasteiger partial charge >= 0.3 is 11.6 Å². The van der Waals surface area contributed by atoms with Crippen LogP contribution in [0.25, 0.3) is 21.7 Å². The fraction of sp³-hybridized carbons (Fsp3) is 0.217. The SMILES string of the molecule is COc1ccc2c(C)c(CCC(=O)OCc3csc(-c4ccccn4)n3)c(=O)oc2c1. The zero-order chi connectivity index (χ0) is 21.8. The number of esters is 1. The zero-order valence-electron chi connectivity index (χ0n) is 17.1. The summed E-state index contributed by atoms with van der Waals surface area (Å²) in [5, 5.41) is 3.43. The summed E-state index contributed by atoms with van der Waals surface area (Å²) in [7, 11) is 1.55. The maximum Gasteiger partial charge on any atom is 0.339 e. The van der Waals surface area contributed by atoms with E-state index < -0.39 is 11.6 Å². The molecule has 0 aliphatic carbocycles. The Morgan fingerprint density at radius 3 is 2.87 bits per heavy atom.